The van der Waals surface area contributed by atoms with Gasteiger partial charge in [-0.15, -0.1) is 15.3 Å². The van der Waals surface area contributed by atoms with Gasteiger partial charge < -0.3 is 9.64 Å². The maximum atomic E-state index is 13.4. The van der Waals surface area contributed by atoms with Gasteiger partial charge in [0.1, 0.15) is 0 Å². The summed E-state index contributed by atoms with van der Waals surface area (Å²) in [6.45, 7) is 6.39. The molecule has 14 heteroatoms. The van der Waals surface area contributed by atoms with Crippen molar-refractivity contribution in [3.63, 3.8) is 0 Å². The van der Waals surface area contributed by atoms with Crippen LogP contribution in [0.5, 0.6) is 5.88 Å². The summed E-state index contributed by atoms with van der Waals surface area (Å²) in [6, 6.07) is 3.03. The first-order valence-corrected chi connectivity index (χ1v) is 14.5. The number of halogens is 2. The van der Waals surface area contributed by atoms with E-state index in [1.807, 2.05) is 26.8 Å². The van der Waals surface area contributed by atoms with Crippen molar-refractivity contribution < 1.29 is 26.7 Å². The first kappa shape index (κ1) is 26.6. The average molecular weight is 567 g/mol. The number of hydrogen-bond donors (Lipinski definition) is 1. The molecule has 1 amide bonds. The zero-order chi connectivity index (χ0) is 27.4. The standard InChI is InChI=1S/C24H28F2N6O4S2/c1-13(2)22(33)31-9-5-14(6-10-31)16-11-15(38(34,35)30-24(3)7-8-24)12-17-18(16)20(36-4)29-32(17)23-28-27-21(37-23)19(25)26/h5,11-13,19,30H,6-10H2,1-4H3. The number of carbonyl (C=O) groups excluding carboxylic acids is 1. The number of hydrogen-bond acceptors (Lipinski definition) is 8. The average Bonchev–Trinajstić information content (AvgIpc) is 3.26. The van der Waals surface area contributed by atoms with Crippen molar-refractivity contribution >= 4 is 43.7 Å². The zero-order valence-corrected chi connectivity index (χ0v) is 23.0. The topological polar surface area (TPSA) is 119 Å². The van der Waals surface area contributed by atoms with Crippen LogP contribution in [-0.2, 0) is 14.8 Å². The minimum atomic E-state index is -3.92. The number of benzene rings is 1. The molecule has 3 aromatic rings. The normalized spacial score (nSPS) is 17.4. The van der Waals surface area contributed by atoms with Crippen LogP contribution in [0.4, 0.5) is 8.78 Å². The third-order valence-electron chi connectivity index (χ3n) is 6.77. The molecule has 10 nitrogen and oxygen atoms in total. The fraction of sp³-hybridized carbons (Fsp3) is 0.500. The lowest BCUT2D eigenvalue weighted by molar-refractivity contribution is -0.134. The minimum Gasteiger partial charge on any atom is -0.479 e. The molecule has 1 saturated carbocycles. The summed E-state index contributed by atoms with van der Waals surface area (Å²) in [6.07, 6.45) is 1.06. The Hall–Kier alpha value is -2.97. The monoisotopic (exact) mass is 566 g/mol. The van der Waals surface area contributed by atoms with Crippen LogP contribution in [-0.4, -0.2) is 64.9 Å². The minimum absolute atomic E-state index is 0.0112. The molecular weight excluding hydrogens is 538 g/mol. The Morgan fingerprint density at radius 3 is 2.53 bits per heavy atom. The molecule has 204 valence electrons. The maximum Gasteiger partial charge on any atom is 0.291 e. The van der Waals surface area contributed by atoms with E-state index < -0.39 is 27.0 Å². The van der Waals surface area contributed by atoms with Gasteiger partial charge in [-0.3, -0.25) is 4.79 Å². The van der Waals surface area contributed by atoms with E-state index in [-0.39, 0.29) is 27.7 Å². The second-order valence-electron chi connectivity index (χ2n) is 10.1. The van der Waals surface area contributed by atoms with Crippen molar-refractivity contribution in [3.05, 3.63) is 28.8 Å². The van der Waals surface area contributed by atoms with E-state index in [1.54, 1.807) is 11.0 Å². The predicted octanol–water partition coefficient (Wildman–Crippen LogP) is 3.93. The molecule has 1 fully saturated rings. The highest BCUT2D eigenvalue weighted by molar-refractivity contribution is 7.89. The highest BCUT2D eigenvalue weighted by Crippen LogP contribution is 2.40. The van der Waals surface area contributed by atoms with Crippen LogP contribution in [0.1, 0.15) is 57.0 Å². The van der Waals surface area contributed by atoms with Gasteiger partial charge in [0.15, 0.2) is 5.01 Å². The second-order valence-corrected chi connectivity index (χ2v) is 12.8. The van der Waals surface area contributed by atoms with E-state index in [1.165, 1.54) is 17.9 Å². The van der Waals surface area contributed by atoms with Gasteiger partial charge in [0.25, 0.3) is 6.43 Å². The molecule has 0 saturated heterocycles. The van der Waals surface area contributed by atoms with Crippen molar-refractivity contribution in [1.29, 1.82) is 0 Å². The molecule has 2 aliphatic rings. The summed E-state index contributed by atoms with van der Waals surface area (Å²) in [5.74, 6) is 0.0972. The van der Waals surface area contributed by atoms with Gasteiger partial charge in [0.05, 0.1) is 22.9 Å². The third kappa shape index (κ3) is 4.92. The Balaban J connectivity index is 1.69. The first-order chi connectivity index (χ1) is 17.9. The number of alkyl halides is 2. The number of sulfonamides is 1. The molecule has 5 rings (SSSR count). The van der Waals surface area contributed by atoms with E-state index in [9.17, 15) is 22.0 Å². The highest BCUT2D eigenvalue weighted by atomic mass is 32.2. The van der Waals surface area contributed by atoms with Gasteiger partial charge >= 0.3 is 0 Å². The van der Waals surface area contributed by atoms with Gasteiger partial charge in [-0.05, 0) is 49.5 Å². The van der Waals surface area contributed by atoms with Crippen LogP contribution >= 0.6 is 11.3 Å². The van der Waals surface area contributed by atoms with Crippen LogP contribution < -0.4 is 9.46 Å². The van der Waals surface area contributed by atoms with Crippen LogP contribution in [0, 0.1) is 5.92 Å². The summed E-state index contributed by atoms with van der Waals surface area (Å²) < 4.78 is 62.9. The Morgan fingerprint density at radius 1 is 1.24 bits per heavy atom. The molecular formula is C24H28F2N6O4S2. The lowest BCUT2D eigenvalue weighted by Gasteiger charge is -2.28. The van der Waals surface area contributed by atoms with Crippen molar-refractivity contribution in [2.45, 2.75) is 56.9 Å². The summed E-state index contributed by atoms with van der Waals surface area (Å²) >= 11 is 0.663. The van der Waals surface area contributed by atoms with Gasteiger partial charge in [0, 0.05) is 24.5 Å². The molecule has 2 aromatic heterocycles. The first-order valence-electron chi connectivity index (χ1n) is 12.2. The highest BCUT2D eigenvalue weighted by Gasteiger charge is 2.41. The third-order valence-corrected chi connectivity index (χ3v) is 9.29. The SMILES string of the molecule is COc1nn(-c2nnc(C(F)F)s2)c2cc(S(=O)(=O)NC3(C)CC3)cc(C3=CCN(C(=O)C(C)C)CC3)c12. The molecule has 1 aliphatic carbocycles. The van der Waals surface area contributed by atoms with Crippen LogP contribution in [0.25, 0.3) is 21.6 Å². The fourth-order valence-electron chi connectivity index (χ4n) is 4.44. The summed E-state index contributed by atoms with van der Waals surface area (Å²) in [7, 11) is -2.49. The molecule has 0 atom stereocenters. The molecule has 0 bridgehead atoms. The molecule has 0 radical (unpaired) electrons. The number of carbonyl (C=O) groups is 1. The quantitative estimate of drug-likeness (QED) is 0.439. The van der Waals surface area contributed by atoms with Crippen molar-refractivity contribution in [2.24, 2.45) is 5.92 Å². The Kier molecular flexibility index (Phi) is 6.76. The van der Waals surface area contributed by atoms with E-state index in [0.717, 1.165) is 18.4 Å². The van der Waals surface area contributed by atoms with Crippen LogP contribution in [0.15, 0.2) is 23.1 Å². The maximum absolute atomic E-state index is 13.4. The Morgan fingerprint density at radius 2 is 1.97 bits per heavy atom. The number of amides is 1. The summed E-state index contributed by atoms with van der Waals surface area (Å²) in [5.41, 5.74) is 1.25. The Labute approximate surface area is 222 Å². The number of ether oxygens (including phenoxy) is 1. The van der Waals surface area contributed by atoms with Gasteiger partial charge in [0.2, 0.25) is 26.9 Å². The summed E-state index contributed by atoms with van der Waals surface area (Å²) in [4.78, 5) is 14.3. The van der Waals surface area contributed by atoms with Crippen molar-refractivity contribution in [3.8, 4) is 11.0 Å². The lowest BCUT2D eigenvalue weighted by atomic mass is 9.96. The summed E-state index contributed by atoms with van der Waals surface area (Å²) in [5, 5.41) is 12.0. The lowest BCUT2D eigenvalue weighted by Crippen LogP contribution is -2.37. The van der Waals surface area contributed by atoms with Crippen molar-refractivity contribution in [2.75, 3.05) is 20.2 Å². The molecule has 1 aliphatic heterocycles. The molecule has 3 heterocycles. The van der Waals surface area contributed by atoms with E-state index in [2.05, 4.69) is 20.0 Å². The molecule has 1 N–H and O–H groups in total. The number of aromatic nitrogens is 4. The van der Waals surface area contributed by atoms with Gasteiger partial charge in [-0.2, -0.15) is 0 Å². The smallest absolute Gasteiger partial charge is 0.291 e. The number of fused-ring (bicyclic) bond motifs is 1. The fourth-order valence-corrected chi connectivity index (χ4v) is 6.61. The van der Waals surface area contributed by atoms with Gasteiger partial charge in [-0.1, -0.05) is 31.3 Å². The largest absolute Gasteiger partial charge is 0.479 e. The molecule has 0 unspecified atom stereocenters. The molecule has 0 spiro atoms. The van der Waals surface area contributed by atoms with E-state index in [4.69, 9.17) is 4.74 Å². The number of nitrogens with zero attached hydrogens (tertiary/aromatic N) is 5. The second kappa shape index (κ2) is 9.65. The zero-order valence-electron chi connectivity index (χ0n) is 21.4. The van der Waals surface area contributed by atoms with Crippen LogP contribution in [0.3, 0.4) is 0 Å². The van der Waals surface area contributed by atoms with Gasteiger partial charge in [-0.25, -0.2) is 26.6 Å². The molecule has 38 heavy (non-hydrogen) atoms. The van der Waals surface area contributed by atoms with E-state index >= 15 is 0 Å². The number of rotatable bonds is 8. The van der Waals surface area contributed by atoms with E-state index in [0.29, 0.717) is 47.3 Å². The van der Waals surface area contributed by atoms with Crippen molar-refractivity contribution in [1.82, 2.24) is 29.6 Å². The number of nitrogens with one attached hydrogen (secondary N) is 1. The Bertz CT molecular complexity index is 1540. The molecule has 1 aromatic carbocycles. The predicted molar refractivity (Wildman–Crippen MR) is 138 cm³/mol. The number of methoxy groups -OCH3 is 1. The van der Waals surface area contributed by atoms with Crippen LogP contribution in [0.2, 0.25) is 0 Å².